The van der Waals surface area contributed by atoms with Crippen LogP contribution in [0.3, 0.4) is 0 Å². The van der Waals surface area contributed by atoms with Gasteiger partial charge in [0, 0.05) is 29.8 Å². The van der Waals surface area contributed by atoms with Gasteiger partial charge in [0.15, 0.2) is 0 Å². The Morgan fingerprint density at radius 2 is 1.65 bits per heavy atom. The summed E-state index contributed by atoms with van der Waals surface area (Å²) >= 11 is 0. The highest BCUT2D eigenvalue weighted by atomic mass is 16.4. The number of piperidine rings is 1. The van der Waals surface area contributed by atoms with Crippen molar-refractivity contribution in [1.82, 2.24) is 20.4 Å². The molecule has 3 aromatic rings. The highest BCUT2D eigenvalue weighted by molar-refractivity contribution is 5.74. The van der Waals surface area contributed by atoms with Gasteiger partial charge in [-0.2, -0.15) is 5.10 Å². The second-order valence-corrected chi connectivity index (χ2v) is 12.5. The van der Waals surface area contributed by atoms with Gasteiger partial charge in [-0.25, -0.2) is 0 Å². The molecule has 6 heteroatoms. The number of hydrogen-bond acceptors (Lipinski definition) is 4. The standard InChI is InChI=1S/C34H44N4O2/c39-34(40)33(26-14-8-3-9-15-26)36-29-20-28(30(21-29)24-10-4-1-5-11-24)23-38-18-16-27(17-19-38)32-31(22-35-37-32)25-12-6-2-7-13-25/h1-2,4-7,10-13,22,26-30,33,36H,3,8-9,14-21,23H2,(H,35,37)(H,39,40)/t28-,29?,30-,33?/m1/s1. The van der Waals surface area contributed by atoms with Crippen molar-refractivity contribution in [1.29, 1.82) is 0 Å². The zero-order chi connectivity index (χ0) is 27.3. The molecule has 2 heterocycles. The van der Waals surface area contributed by atoms with E-state index in [1.54, 1.807) is 0 Å². The fourth-order valence-corrected chi connectivity index (χ4v) is 7.89. The van der Waals surface area contributed by atoms with Crippen LogP contribution >= 0.6 is 0 Å². The summed E-state index contributed by atoms with van der Waals surface area (Å²) in [6, 6.07) is 21.4. The van der Waals surface area contributed by atoms with Crippen LogP contribution in [0.25, 0.3) is 11.1 Å². The molecule has 3 N–H and O–H groups in total. The van der Waals surface area contributed by atoms with Crippen molar-refractivity contribution >= 4 is 5.97 Å². The van der Waals surface area contributed by atoms with Crippen molar-refractivity contribution in [3.05, 3.63) is 78.1 Å². The molecule has 2 aromatic carbocycles. The molecule has 6 nitrogen and oxygen atoms in total. The topological polar surface area (TPSA) is 81.2 Å². The molecule has 0 bridgehead atoms. The number of H-pyrrole nitrogens is 1. The van der Waals surface area contributed by atoms with Gasteiger partial charge < -0.3 is 15.3 Å². The summed E-state index contributed by atoms with van der Waals surface area (Å²) in [5.74, 6) is 1.10. The summed E-state index contributed by atoms with van der Waals surface area (Å²) < 4.78 is 0. The van der Waals surface area contributed by atoms with Crippen LogP contribution in [0.1, 0.15) is 80.9 Å². The van der Waals surface area contributed by atoms with E-state index >= 15 is 0 Å². The van der Waals surface area contributed by atoms with Gasteiger partial charge in [0.2, 0.25) is 0 Å². The Hall–Kier alpha value is -2.96. The van der Waals surface area contributed by atoms with Crippen molar-refractivity contribution in [3.8, 4) is 11.1 Å². The molecule has 0 amide bonds. The molecule has 1 saturated heterocycles. The Balaban J connectivity index is 1.11. The van der Waals surface area contributed by atoms with E-state index in [0.717, 1.165) is 71.0 Å². The molecule has 2 saturated carbocycles. The minimum atomic E-state index is -0.664. The molecule has 40 heavy (non-hydrogen) atoms. The van der Waals surface area contributed by atoms with E-state index in [1.165, 1.54) is 28.8 Å². The van der Waals surface area contributed by atoms with Crippen molar-refractivity contribution in [2.24, 2.45) is 11.8 Å². The monoisotopic (exact) mass is 540 g/mol. The molecule has 3 fully saturated rings. The fraction of sp³-hybridized carbons (Fsp3) is 0.529. The van der Waals surface area contributed by atoms with Crippen molar-refractivity contribution in [2.45, 2.75) is 81.7 Å². The van der Waals surface area contributed by atoms with Crippen molar-refractivity contribution in [2.75, 3.05) is 19.6 Å². The van der Waals surface area contributed by atoms with E-state index in [1.807, 2.05) is 6.20 Å². The van der Waals surface area contributed by atoms with Crippen LogP contribution in [-0.4, -0.2) is 57.9 Å². The minimum absolute atomic E-state index is 0.259. The molecule has 0 spiro atoms. The molecule has 212 valence electrons. The van der Waals surface area contributed by atoms with Crippen LogP contribution in [0.2, 0.25) is 0 Å². The van der Waals surface area contributed by atoms with E-state index in [2.05, 4.69) is 81.1 Å². The van der Waals surface area contributed by atoms with Gasteiger partial charge >= 0.3 is 5.97 Å². The molecular formula is C34H44N4O2. The van der Waals surface area contributed by atoms with Gasteiger partial charge in [-0.05, 0) is 80.5 Å². The second kappa shape index (κ2) is 12.7. The fourth-order valence-electron chi connectivity index (χ4n) is 7.89. The number of carbonyl (C=O) groups is 1. The van der Waals surface area contributed by atoms with E-state index in [9.17, 15) is 9.90 Å². The molecule has 4 atom stereocenters. The zero-order valence-electron chi connectivity index (χ0n) is 23.6. The third-order valence-corrected chi connectivity index (χ3v) is 9.97. The number of carboxylic acid groups (broad SMARTS) is 1. The van der Waals surface area contributed by atoms with E-state index in [-0.39, 0.29) is 12.0 Å². The van der Waals surface area contributed by atoms with Gasteiger partial charge in [0.25, 0.3) is 0 Å². The lowest BCUT2D eigenvalue weighted by atomic mass is 9.83. The average Bonchev–Trinajstić information content (AvgIpc) is 3.65. The number of nitrogens with one attached hydrogen (secondary N) is 2. The molecular weight excluding hydrogens is 496 g/mol. The van der Waals surface area contributed by atoms with Crippen molar-refractivity contribution in [3.63, 3.8) is 0 Å². The normalized spacial score (nSPS) is 25.6. The summed E-state index contributed by atoms with van der Waals surface area (Å²) in [6.45, 7) is 3.27. The molecule has 1 aromatic heterocycles. The maximum Gasteiger partial charge on any atom is 0.320 e. The third-order valence-electron chi connectivity index (χ3n) is 9.97. The number of nitrogens with zero attached hydrogens (tertiary/aromatic N) is 2. The first-order valence-corrected chi connectivity index (χ1v) is 15.5. The maximum absolute atomic E-state index is 12.3. The first kappa shape index (κ1) is 27.2. The lowest BCUT2D eigenvalue weighted by Crippen LogP contribution is -2.48. The lowest BCUT2D eigenvalue weighted by Gasteiger charge is -2.35. The van der Waals surface area contributed by atoms with E-state index < -0.39 is 12.0 Å². The van der Waals surface area contributed by atoms with Crippen LogP contribution < -0.4 is 5.32 Å². The number of aromatic nitrogens is 2. The summed E-state index contributed by atoms with van der Waals surface area (Å²) in [5.41, 5.74) is 5.15. The van der Waals surface area contributed by atoms with Gasteiger partial charge in [-0.1, -0.05) is 79.9 Å². The lowest BCUT2D eigenvalue weighted by molar-refractivity contribution is -0.141. The first-order valence-electron chi connectivity index (χ1n) is 15.5. The Labute approximate surface area is 238 Å². The molecule has 0 radical (unpaired) electrons. The smallest absolute Gasteiger partial charge is 0.320 e. The van der Waals surface area contributed by atoms with Crippen LogP contribution in [0, 0.1) is 11.8 Å². The second-order valence-electron chi connectivity index (χ2n) is 12.5. The molecule has 6 rings (SSSR count). The first-order chi connectivity index (χ1) is 19.7. The Morgan fingerprint density at radius 1 is 0.950 bits per heavy atom. The van der Waals surface area contributed by atoms with Gasteiger partial charge in [-0.3, -0.25) is 9.89 Å². The summed E-state index contributed by atoms with van der Waals surface area (Å²) in [6.07, 6.45) is 12.0. The van der Waals surface area contributed by atoms with E-state index in [4.69, 9.17) is 0 Å². The quantitative estimate of drug-likeness (QED) is 0.291. The van der Waals surface area contributed by atoms with Gasteiger partial charge in [0.05, 0.1) is 6.20 Å². The average molecular weight is 541 g/mol. The predicted molar refractivity (Wildman–Crippen MR) is 159 cm³/mol. The molecule has 2 aliphatic carbocycles. The van der Waals surface area contributed by atoms with Crippen LogP contribution in [0.5, 0.6) is 0 Å². The number of hydrogen-bond donors (Lipinski definition) is 3. The highest BCUT2D eigenvalue weighted by Gasteiger charge is 2.40. The maximum atomic E-state index is 12.3. The Bertz CT molecular complexity index is 1220. The highest BCUT2D eigenvalue weighted by Crippen LogP contribution is 2.42. The number of carboxylic acids is 1. The van der Waals surface area contributed by atoms with E-state index in [0.29, 0.717) is 17.8 Å². The number of rotatable bonds is 9. The summed E-state index contributed by atoms with van der Waals surface area (Å²) in [4.78, 5) is 15.0. The van der Waals surface area contributed by atoms with Gasteiger partial charge in [-0.15, -0.1) is 0 Å². The Kier molecular flexibility index (Phi) is 8.64. The SMILES string of the molecule is O=C(O)C(NC1C[C@H](CN2CCC(c3[nH]ncc3-c3ccccc3)CC2)[C@@H](c2ccccc2)C1)C1CCCCC1. The largest absolute Gasteiger partial charge is 0.480 e. The molecule has 2 unspecified atom stereocenters. The molecule has 3 aliphatic rings. The number of benzene rings is 2. The number of aromatic amines is 1. The van der Waals surface area contributed by atoms with Crippen molar-refractivity contribution < 1.29 is 9.90 Å². The van der Waals surface area contributed by atoms with Gasteiger partial charge in [0.1, 0.15) is 6.04 Å². The van der Waals surface area contributed by atoms with Crippen LogP contribution in [-0.2, 0) is 4.79 Å². The predicted octanol–water partition coefficient (Wildman–Crippen LogP) is 6.44. The number of aliphatic carboxylic acids is 1. The number of likely N-dealkylation sites (tertiary alicyclic amines) is 1. The Morgan fingerprint density at radius 3 is 2.35 bits per heavy atom. The summed E-state index contributed by atoms with van der Waals surface area (Å²) in [7, 11) is 0. The molecule has 1 aliphatic heterocycles. The minimum Gasteiger partial charge on any atom is -0.480 e. The van der Waals surface area contributed by atoms with Crippen LogP contribution in [0.4, 0.5) is 0 Å². The third kappa shape index (κ3) is 6.18. The zero-order valence-corrected chi connectivity index (χ0v) is 23.6. The summed E-state index contributed by atoms with van der Waals surface area (Å²) in [5, 5.41) is 21.5. The van der Waals surface area contributed by atoms with Crippen LogP contribution in [0.15, 0.2) is 66.9 Å².